The molecule has 0 aliphatic heterocycles. The third kappa shape index (κ3) is 3.40. The molecule has 0 fully saturated rings. The van der Waals surface area contributed by atoms with Crippen molar-refractivity contribution in [3.05, 3.63) is 41.6 Å². The third-order valence-electron chi connectivity index (χ3n) is 3.37. The topological polar surface area (TPSA) is 30.0 Å². The molecule has 2 aromatic rings. The fourth-order valence-corrected chi connectivity index (χ4v) is 2.07. The molecule has 0 amide bonds. The van der Waals surface area contributed by atoms with Gasteiger partial charge in [-0.1, -0.05) is 32.9 Å². The van der Waals surface area contributed by atoms with Gasteiger partial charge >= 0.3 is 0 Å². The molecule has 0 unspecified atom stereocenters. The van der Waals surface area contributed by atoms with Gasteiger partial charge in [0, 0.05) is 22.9 Å². The molecule has 0 saturated carbocycles. The highest BCUT2D eigenvalue weighted by Crippen LogP contribution is 2.20. The minimum Gasteiger partial charge on any atom is -0.299 e. The minimum atomic E-state index is -0.241. The largest absolute Gasteiger partial charge is 0.299 e. The van der Waals surface area contributed by atoms with Crippen molar-refractivity contribution in [3.8, 4) is 0 Å². The lowest BCUT2D eigenvalue weighted by atomic mass is 9.87. The first-order valence-corrected chi connectivity index (χ1v) is 6.76. The van der Waals surface area contributed by atoms with Crippen LogP contribution in [-0.4, -0.2) is 10.8 Å². The number of Topliss-reactive ketones (excluding diaryl/α,β-unsaturated/α-hetero) is 1. The van der Waals surface area contributed by atoms with E-state index in [4.69, 9.17) is 0 Å². The Kier molecular flexibility index (Phi) is 3.70. The van der Waals surface area contributed by atoms with Crippen molar-refractivity contribution in [1.29, 1.82) is 0 Å². The molecule has 0 aliphatic carbocycles. The molecule has 19 heavy (non-hydrogen) atoms. The lowest BCUT2D eigenvalue weighted by Gasteiger charge is -2.16. The second-order valence-corrected chi connectivity index (χ2v) is 6.15. The Hall–Kier alpha value is -1.70. The van der Waals surface area contributed by atoms with E-state index >= 15 is 0 Å². The summed E-state index contributed by atoms with van der Waals surface area (Å²) in [6.45, 7) is 7.92. The van der Waals surface area contributed by atoms with Gasteiger partial charge in [0.1, 0.15) is 5.78 Å². The Morgan fingerprint density at radius 3 is 2.58 bits per heavy atom. The number of aromatic nitrogens is 1. The summed E-state index contributed by atoms with van der Waals surface area (Å²) in [5.74, 6) is 0.314. The average Bonchev–Trinajstić information content (AvgIpc) is 2.34. The van der Waals surface area contributed by atoms with Gasteiger partial charge in [0.05, 0.1) is 5.52 Å². The van der Waals surface area contributed by atoms with Crippen LogP contribution in [0, 0.1) is 12.3 Å². The third-order valence-corrected chi connectivity index (χ3v) is 3.37. The normalized spacial score (nSPS) is 11.8. The number of aryl methyl sites for hydroxylation is 2. The molecular weight excluding hydrogens is 234 g/mol. The zero-order chi connectivity index (χ0) is 14.0. The van der Waals surface area contributed by atoms with Crippen molar-refractivity contribution in [2.45, 2.75) is 40.5 Å². The predicted octanol–water partition coefficient (Wildman–Crippen LogP) is 4.09. The maximum atomic E-state index is 11.9. The van der Waals surface area contributed by atoms with Crippen LogP contribution in [0.2, 0.25) is 0 Å². The van der Waals surface area contributed by atoms with Crippen molar-refractivity contribution in [2.24, 2.45) is 5.41 Å². The van der Waals surface area contributed by atoms with Crippen molar-refractivity contribution in [3.63, 3.8) is 0 Å². The van der Waals surface area contributed by atoms with Gasteiger partial charge in [-0.3, -0.25) is 9.78 Å². The Bertz CT molecular complexity index is 608. The van der Waals surface area contributed by atoms with E-state index in [1.807, 2.05) is 39.8 Å². The molecule has 2 rings (SSSR count). The second kappa shape index (κ2) is 5.12. The van der Waals surface area contributed by atoms with Crippen LogP contribution in [0.4, 0.5) is 0 Å². The Morgan fingerprint density at radius 1 is 1.16 bits per heavy atom. The molecule has 0 aliphatic rings. The monoisotopic (exact) mass is 255 g/mol. The molecular formula is C17H21NO. The fourth-order valence-electron chi connectivity index (χ4n) is 2.07. The van der Waals surface area contributed by atoms with E-state index in [0.29, 0.717) is 12.2 Å². The van der Waals surface area contributed by atoms with Crippen LogP contribution in [0.3, 0.4) is 0 Å². The van der Waals surface area contributed by atoms with Crippen LogP contribution < -0.4 is 0 Å². The van der Waals surface area contributed by atoms with Crippen molar-refractivity contribution < 1.29 is 4.79 Å². The van der Waals surface area contributed by atoms with E-state index in [1.54, 1.807) is 0 Å². The molecule has 1 aromatic heterocycles. The van der Waals surface area contributed by atoms with Gasteiger partial charge in [-0.15, -0.1) is 0 Å². The van der Waals surface area contributed by atoms with E-state index in [2.05, 4.69) is 23.2 Å². The molecule has 1 heterocycles. The Balaban J connectivity index is 2.14. The van der Waals surface area contributed by atoms with E-state index in [0.717, 1.165) is 23.0 Å². The molecule has 0 N–H and O–H groups in total. The lowest BCUT2D eigenvalue weighted by molar-refractivity contribution is -0.126. The van der Waals surface area contributed by atoms with E-state index in [9.17, 15) is 4.79 Å². The first-order valence-electron chi connectivity index (χ1n) is 6.76. The zero-order valence-electron chi connectivity index (χ0n) is 12.2. The summed E-state index contributed by atoms with van der Waals surface area (Å²) in [6.07, 6.45) is 1.41. The van der Waals surface area contributed by atoms with Crippen LogP contribution in [0.15, 0.2) is 30.3 Å². The van der Waals surface area contributed by atoms with Crippen LogP contribution in [0.1, 0.15) is 38.4 Å². The molecule has 0 spiro atoms. The van der Waals surface area contributed by atoms with Gasteiger partial charge in [-0.05, 0) is 37.1 Å². The number of benzene rings is 1. The number of hydrogen-bond acceptors (Lipinski definition) is 2. The predicted molar refractivity (Wildman–Crippen MR) is 79.3 cm³/mol. The number of carbonyl (C=O) groups excluding carboxylic acids is 1. The smallest absolute Gasteiger partial charge is 0.138 e. The number of fused-ring (bicyclic) bond motifs is 1. The SMILES string of the molecule is Cc1ccc2cc(CCC(=O)C(C)(C)C)ccc2n1. The molecule has 0 bridgehead atoms. The highest BCUT2D eigenvalue weighted by molar-refractivity contribution is 5.84. The van der Waals surface area contributed by atoms with Gasteiger partial charge in [0.2, 0.25) is 0 Å². The highest BCUT2D eigenvalue weighted by atomic mass is 16.1. The van der Waals surface area contributed by atoms with Gasteiger partial charge in [0.15, 0.2) is 0 Å². The van der Waals surface area contributed by atoms with Crippen molar-refractivity contribution in [1.82, 2.24) is 4.98 Å². The summed E-state index contributed by atoms with van der Waals surface area (Å²) in [6, 6.07) is 10.4. The summed E-state index contributed by atoms with van der Waals surface area (Å²) in [4.78, 5) is 16.4. The molecule has 0 atom stereocenters. The first kappa shape index (κ1) is 13.7. The van der Waals surface area contributed by atoms with Crippen LogP contribution >= 0.6 is 0 Å². The number of rotatable bonds is 3. The quantitative estimate of drug-likeness (QED) is 0.826. The van der Waals surface area contributed by atoms with Gasteiger partial charge in [0.25, 0.3) is 0 Å². The molecule has 0 radical (unpaired) electrons. The van der Waals surface area contributed by atoms with E-state index < -0.39 is 0 Å². The highest BCUT2D eigenvalue weighted by Gasteiger charge is 2.20. The second-order valence-electron chi connectivity index (χ2n) is 6.15. The van der Waals surface area contributed by atoms with Gasteiger partial charge < -0.3 is 0 Å². The maximum absolute atomic E-state index is 11.9. The number of pyridine rings is 1. The summed E-state index contributed by atoms with van der Waals surface area (Å²) in [7, 11) is 0. The van der Waals surface area contributed by atoms with Gasteiger partial charge in [-0.2, -0.15) is 0 Å². The summed E-state index contributed by atoms with van der Waals surface area (Å²) < 4.78 is 0. The lowest BCUT2D eigenvalue weighted by Crippen LogP contribution is -2.20. The molecule has 1 aromatic carbocycles. The number of carbonyl (C=O) groups is 1. The summed E-state index contributed by atoms with van der Waals surface area (Å²) >= 11 is 0. The van der Waals surface area contributed by atoms with Crippen LogP contribution in [0.25, 0.3) is 10.9 Å². The standard InChI is InChI=1S/C17H21NO/c1-12-5-8-14-11-13(6-9-15(14)18-12)7-10-16(19)17(2,3)4/h5-6,8-9,11H,7,10H2,1-4H3. The zero-order valence-corrected chi connectivity index (χ0v) is 12.2. The number of hydrogen-bond donors (Lipinski definition) is 0. The molecule has 0 saturated heterocycles. The van der Waals surface area contributed by atoms with Crippen LogP contribution in [0.5, 0.6) is 0 Å². The number of ketones is 1. The average molecular weight is 255 g/mol. The maximum Gasteiger partial charge on any atom is 0.138 e. The Morgan fingerprint density at radius 2 is 1.89 bits per heavy atom. The van der Waals surface area contributed by atoms with Crippen molar-refractivity contribution >= 4 is 16.7 Å². The number of nitrogens with zero attached hydrogens (tertiary/aromatic N) is 1. The Labute approximate surface area is 114 Å². The minimum absolute atomic E-state index is 0.241. The molecule has 2 nitrogen and oxygen atoms in total. The van der Waals surface area contributed by atoms with Gasteiger partial charge in [-0.25, -0.2) is 0 Å². The summed E-state index contributed by atoms with van der Waals surface area (Å²) in [5, 5.41) is 1.14. The molecule has 2 heteroatoms. The van der Waals surface area contributed by atoms with E-state index in [1.165, 1.54) is 5.56 Å². The van der Waals surface area contributed by atoms with Crippen molar-refractivity contribution in [2.75, 3.05) is 0 Å². The summed E-state index contributed by atoms with van der Waals surface area (Å²) in [5.41, 5.74) is 3.01. The van der Waals surface area contributed by atoms with Crippen LogP contribution in [-0.2, 0) is 11.2 Å². The molecule has 100 valence electrons. The van der Waals surface area contributed by atoms with E-state index in [-0.39, 0.29) is 5.41 Å². The fraction of sp³-hybridized carbons (Fsp3) is 0.412. The first-order chi connectivity index (χ1) is 8.86.